The van der Waals surface area contributed by atoms with Crippen molar-refractivity contribution in [1.82, 2.24) is 10.3 Å². The van der Waals surface area contributed by atoms with Crippen molar-refractivity contribution >= 4 is 23.3 Å². The number of hydrogen-bond acceptors (Lipinski definition) is 3. The highest BCUT2D eigenvalue weighted by Crippen LogP contribution is 2.67. The molecule has 0 aliphatic heterocycles. The van der Waals surface area contributed by atoms with Gasteiger partial charge in [0.2, 0.25) is 0 Å². The number of amides is 1. The van der Waals surface area contributed by atoms with Crippen LogP contribution >= 0.6 is 11.6 Å². The van der Waals surface area contributed by atoms with Gasteiger partial charge >= 0.3 is 0 Å². The van der Waals surface area contributed by atoms with Crippen LogP contribution in [-0.4, -0.2) is 17.4 Å². The molecule has 4 nitrogen and oxygen atoms in total. The molecule has 0 atom stereocenters. The monoisotopic (exact) mass is 281 g/mol. The van der Waals surface area contributed by atoms with E-state index in [-0.39, 0.29) is 22.4 Å². The number of nitrogen functional groups attached to an aromatic ring is 1. The van der Waals surface area contributed by atoms with Crippen LogP contribution in [0.25, 0.3) is 0 Å². The van der Waals surface area contributed by atoms with E-state index in [1.807, 2.05) is 0 Å². The maximum Gasteiger partial charge on any atom is 0.271 e. The molecule has 5 heteroatoms. The predicted octanol–water partition coefficient (Wildman–Crippen LogP) is 2.73. The molecule has 0 bridgehead atoms. The molecular weight excluding hydrogens is 262 g/mol. The van der Waals surface area contributed by atoms with Crippen molar-refractivity contribution in [1.29, 1.82) is 0 Å². The molecule has 1 saturated carbocycles. The van der Waals surface area contributed by atoms with Gasteiger partial charge in [0, 0.05) is 6.54 Å². The molecule has 1 heterocycles. The molecule has 1 aromatic heterocycles. The molecular formula is C14H20ClN3O. The summed E-state index contributed by atoms with van der Waals surface area (Å²) in [5, 5.41) is 3.22. The van der Waals surface area contributed by atoms with Gasteiger partial charge < -0.3 is 11.1 Å². The zero-order valence-corrected chi connectivity index (χ0v) is 12.5. The van der Waals surface area contributed by atoms with Crippen molar-refractivity contribution in [3.8, 4) is 0 Å². The summed E-state index contributed by atoms with van der Waals surface area (Å²) in [4.78, 5) is 16.0. The van der Waals surface area contributed by atoms with Crippen LogP contribution in [0.5, 0.6) is 0 Å². The Bertz CT molecular complexity index is 511. The highest BCUT2D eigenvalue weighted by molar-refractivity contribution is 6.33. The van der Waals surface area contributed by atoms with Gasteiger partial charge in [-0.3, -0.25) is 4.79 Å². The Morgan fingerprint density at radius 3 is 2.47 bits per heavy atom. The molecule has 104 valence electrons. The number of halogens is 1. The summed E-state index contributed by atoms with van der Waals surface area (Å²) in [5.41, 5.74) is 6.25. The summed E-state index contributed by atoms with van der Waals surface area (Å²) in [6.07, 6.45) is 0. The number of anilines is 1. The molecule has 1 aliphatic rings. The fourth-order valence-corrected chi connectivity index (χ4v) is 2.93. The Labute approximate surface area is 118 Å². The second kappa shape index (κ2) is 4.37. The van der Waals surface area contributed by atoms with Crippen LogP contribution in [0.2, 0.25) is 5.02 Å². The first-order chi connectivity index (χ1) is 8.68. The maximum absolute atomic E-state index is 12.1. The first-order valence-corrected chi connectivity index (χ1v) is 6.76. The number of nitrogens with two attached hydrogens (primary N) is 1. The van der Waals surface area contributed by atoms with Gasteiger partial charge in [-0.05, 0) is 28.9 Å². The van der Waals surface area contributed by atoms with Crippen LogP contribution in [0.1, 0.15) is 38.2 Å². The van der Waals surface area contributed by atoms with Gasteiger partial charge in [0.15, 0.2) is 0 Å². The van der Waals surface area contributed by atoms with Crippen molar-refractivity contribution in [2.24, 2.45) is 16.7 Å². The topological polar surface area (TPSA) is 68.0 Å². The Hall–Kier alpha value is -1.29. The van der Waals surface area contributed by atoms with Gasteiger partial charge in [-0.1, -0.05) is 39.3 Å². The third-order valence-electron chi connectivity index (χ3n) is 4.87. The normalized spacial score (nSPS) is 20.1. The fourth-order valence-electron chi connectivity index (χ4n) is 2.74. The number of carbonyl (C=O) groups excluding carboxylic acids is 1. The Morgan fingerprint density at radius 1 is 1.37 bits per heavy atom. The molecule has 0 aromatic carbocycles. The van der Waals surface area contributed by atoms with E-state index in [9.17, 15) is 4.79 Å². The van der Waals surface area contributed by atoms with E-state index in [1.165, 1.54) is 0 Å². The first kappa shape index (κ1) is 14.1. The highest BCUT2D eigenvalue weighted by atomic mass is 35.5. The predicted molar refractivity (Wildman–Crippen MR) is 77.0 cm³/mol. The van der Waals surface area contributed by atoms with Gasteiger partial charge in [-0.2, -0.15) is 0 Å². The van der Waals surface area contributed by atoms with E-state index >= 15 is 0 Å². The lowest BCUT2D eigenvalue weighted by atomic mass is 10.0. The molecule has 0 unspecified atom stereocenters. The number of pyridine rings is 1. The lowest BCUT2D eigenvalue weighted by molar-refractivity contribution is 0.0945. The summed E-state index contributed by atoms with van der Waals surface area (Å²) >= 11 is 5.96. The minimum absolute atomic E-state index is 0.193. The summed E-state index contributed by atoms with van der Waals surface area (Å²) in [6.45, 7) is 9.50. The molecule has 1 aromatic rings. The Morgan fingerprint density at radius 2 is 1.95 bits per heavy atom. The van der Waals surface area contributed by atoms with E-state index in [4.69, 9.17) is 17.3 Å². The number of nitrogens with zero attached hydrogens (tertiary/aromatic N) is 1. The molecule has 0 saturated heterocycles. The average molecular weight is 282 g/mol. The van der Waals surface area contributed by atoms with Gasteiger partial charge in [0.1, 0.15) is 11.5 Å². The lowest BCUT2D eigenvalue weighted by Gasteiger charge is -2.07. The van der Waals surface area contributed by atoms with Crippen LogP contribution < -0.4 is 11.1 Å². The van der Waals surface area contributed by atoms with Gasteiger partial charge in [0.25, 0.3) is 5.91 Å². The van der Waals surface area contributed by atoms with Crippen LogP contribution in [-0.2, 0) is 0 Å². The number of hydrogen-bond donors (Lipinski definition) is 2. The lowest BCUT2D eigenvalue weighted by Crippen LogP contribution is -2.28. The first-order valence-electron chi connectivity index (χ1n) is 6.38. The van der Waals surface area contributed by atoms with Crippen molar-refractivity contribution in [2.75, 3.05) is 12.3 Å². The summed E-state index contributed by atoms with van der Waals surface area (Å²) in [5.74, 6) is 0.487. The number of carbonyl (C=O) groups is 1. The van der Waals surface area contributed by atoms with Crippen molar-refractivity contribution in [3.63, 3.8) is 0 Å². The molecule has 2 rings (SSSR count). The van der Waals surface area contributed by atoms with Crippen LogP contribution in [0, 0.1) is 16.7 Å². The molecule has 0 spiro atoms. The number of aromatic nitrogens is 1. The van der Waals surface area contributed by atoms with Crippen LogP contribution in [0.15, 0.2) is 12.1 Å². The zero-order chi connectivity index (χ0) is 14.4. The Balaban J connectivity index is 2.02. The Kier molecular flexibility index (Phi) is 3.25. The SMILES string of the molecule is CC1(C)C(CNC(=O)c2nc(N)ccc2Cl)C1(C)C. The molecule has 1 fully saturated rings. The summed E-state index contributed by atoms with van der Waals surface area (Å²) in [6, 6.07) is 3.16. The molecule has 3 N–H and O–H groups in total. The van der Waals surface area contributed by atoms with Gasteiger partial charge in [-0.15, -0.1) is 0 Å². The number of rotatable bonds is 3. The van der Waals surface area contributed by atoms with Gasteiger partial charge in [0.05, 0.1) is 5.02 Å². The highest BCUT2D eigenvalue weighted by Gasteiger charge is 2.64. The second-order valence-electron chi connectivity index (χ2n) is 6.27. The number of nitrogens with one attached hydrogen (secondary N) is 1. The van der Waals surface area contributed by atoms with Crippen molar-refractivity contribution in [3.05, 3.63) is 22.8 Å². The second-order valence-corrected chi connectivity index (χ2v) is 6.68. The standard InChI is InChI=1S/C14H20ClN3O/c1-13(2)9(14(13,3)4)7-17-12(19)11-8(15)5-6-10(16)18-11/h5-6,9H,7H2,1-4H3,(H2,16,18)(H,17,19). The van der Waals surface area contributed by atoms with E-state index in [2.05, 4.69) is 38.0 Å². The summed E-state index contributed by atoms with van der Waals surface area (Å²) < 4.78 is 0. The third-order valence-corrected chi connectivity index (χ3v) is 5.17. The van der Waals surface area contributed by atoms with Crippen molar-refractivity contribution < 1.29 is 4.79 Å². The van der Waals surface area contributed by atoms with Crippen LogP contribution in [0.3, 0.4) is 0 Å². The zero-order valence-electron chi connectivity index (χ0n) is 11.7. The average Bonchev–Trinajstić information content (AvgIpc) is 2.70. The maximum atomic E-state index is 12.1. The molecule has 1 aliphatic carbocycles. The summed E-state index contributed by atoms with van der Waals surface area (Å²) in [7, 11) is 0. The van der Waals surface area contributed by atoms with E-state index in [0.29, 0.717) is 23.3 Å². The largest absolute Gasteiger partial charge is 0.384 e. The fraction of sp³-hybridized carbons (Fsp3) is 0.571. The van der Waals surface area contributed by atoms with Crippen LogP contribution in [0.4, 0.5) is 5.82 Å². The van der Waals surface area contributed by atoms with E-state index in [0.717, 1.165) is 0 Å². The minimum Gasteiger partial charge on any atom is -0.384 e. The van der Waals surface area contributed by atoms with E-state index in [1.54, 1.807) is 12.1 Å². The third kappa shape index (κ3) is 2.29. The van der Waals surface area contributed by atoms with E-state index < -0.39 is 0 Å². The van der Waals surface area contributed by atoms with Gasteiger partial charge in [-0.25, -0.2) is 4.98 Å². The quantitative estimate of drug-likeness (QED) is 0.895. The molecule has 19 heavy (non-hydrogen) atoms. The smallest absolute Gasteiger partial charge is 0.271 e. The minimum atomic E-state index is -0.268. The molecule has 1 amide bonds. The van der Waals surface area contributed by atoms with Crippen molar-refractivity contribution in [2.45, 2.75) is 27.7 Å². The molecule has 0 radical (unpaired) electrons.